The van der Waals surface area contributed by atoms with Gasteiger partial charge in [0, 0.05) is 0 Å². The molecule has 0 atom stereocenters. The first-order valence-electron chi connectivity index (χ1n) is 4.80. The zero-order valence-electron chi connectivity index (χ0n) is 9.65. The third-order valence-corrected chi connectivity index (χ3v) is 3.72. The van der Waals surface area contributed by atoms with E-state index < -0.39 is 5.97 Å². The van der Waals surface area contributed by atoms with Crippen molar-refractivity contribution < 1.29 is 14.3 Å². The molecule has 0 saturated heterocycles. The van der Waals surface area contributed by atoms with E-state index in [4.69, 9.17) is 15.9 Å². The predicted molar refractivity (Wildman–Crippen MR) is 65.7 cm³/mol. The number of hydrogen-bond donors (Lipinski definition) is 2. The fourth-order valence-electron chi connectivity index (χ4n) is 1.28. The number of hydrogen-bond acceptors (Lipinski definition) is 4. The van der Waals surface area contributed by atoms with Gasteiger partial charge in [-0.2, -0.15) is 0 Å². The van der Waals surface area contributed by atoms with Crippen molar-refractivity contribution in [3.63, 3.8) is 0 Å². The number of nitrogens with two attached hydrogens (primary N) is 1. The average molecular weight is 301 g/mol. The van der Waals surface area contributed by atoms with Crippen LogP contribution in [0.1, 0.15) is 15.9 Å². The van der Waals surface area contributed by atoms with Gasteiger partial charge in [0.1, 0.15) is 0 Å². The Bertz CT molecular complexity index is 435. The van der Waals surface area contributed by atoms with Crippen LogP contribution in [0.4, 0.5) is 0 Å². The van der Waals surface area contributed by atoms with E-state index in [1.54, 1.807) is 12.1 Å². The van der Waals surface area contributed by atoms with Crippen LogP contribution in [0.2, 0.25) is 0 Å². The Kier molecular flexibility index (Phi) is 5.00. The number of carbonyl (C=O) groups excluding carboxylic acids is 1. The second-order valence-corrected chi connectivity index (χ2v) is 5.31. The van der Waals surface area contributed by atoms with Crippen LogP contribution in [0.5, 0.6) is 5.75 Å². The molecule has 0 aliphatic rings. The van der Waals surface area contributed by atoms with E-state index >= 15 is 0 Å². The molecule has 92 valence electrons. The Morgan fingerprint density at radius 1 is 1.47 bits per heavy atom. The van der Waals surface area contributed by atoms with Crippen molar-refractivity contribution in [1.82, 2.24) is 0 Å². The van der Waals surface area contributed by atoms with E-state index in [0.29, 0.717) is 16.6 Å². The summed E-state index contributed by atoms with van der Waals surface area (Å²) >= 11 is -0.0814. The molecule has 0 unspecified atom stereocenters. The van der Waals surface area contributed by atoms with Gasteiger partial charge in [-0.15, -0.1) is 0 Å². The normalized spacial score (nSPS) is 9.76. The second-order valence-electron chi connectivity index (χ2n) is 3.18. The summed E-state index contributed by atoms with van der Waals surface area (Å²) < 4.78 is 9.95. The van der Waals surface area contributed by atoms with Crippen LogP contribution >= 0.6 is 0 Å². The summed E-state index contributed by atoms with van der Waals surface area (Å²) in [5.41, 5.74) is 6.66. The first kappa shape index (κ1) is 13.5. The van der Waals surface area contributed by atoms with Gasteiger partial charge in [-0.3, -0.25) is 0 Å². The van der Waals surface area contributed by atoms with Crippen LogP contribution in [0.25, 0.3) is 0 Å². The molecule has 1 rings (SSSR count). The number of methoxy groups -OCH3 is 2. The van der Waals surface area contributed by atoms with Gasteiger partial charge in [0.15, 0.2) is 0 Å². The first-order chi connectivity index (χ1) is 8.08. The molecule has 3 N–H and O–H groups in total. The summed E-state index contributed by atoms with van der Waals surface area (Å²) in [4.78, 5) is 11.5. The molecule has 0 radical (unpaired) electrons. The molecule has 5 nitrogen and oxygen atoms in total. The van der Waals surface area contributed by atoms with Crippen molar-refractivity contribution >= 4 is 25.7 Å². The SMILES string of the molecule is COC(=O)c1cc(C[Se]C(=N)N)ccc1OC. The molecule has 1 aromatic carbocycles. The molecule has 0 bridgehead atoms. The molecule has 0 aliphatic carbocycles. The number of benzene rings is 1. The fourth-order valence-corrected chi connectivity index (χ4v) is 2.33. The number of amidine groups is 1. The fraction of sp³-hybridized carbons (Fsp3) is 0.273. The van der Waals surface area contributed by atoms with Crippen LogP contribution in [-0.2, 0) is 10.1 Å². The Balaban J connectivity index is 2.96. The molecule has 0 fully saturated rings. The summed E-state index contributed by atoms with van der Waals surface area (Å²) in [6.07, 6.45) is 0. The monoisotopic (exact) mass is 302 g/mol. The standard InChI is InChI=1S/C11H14N2O3Se/c1-15-9-4-3-7(6-17-11(12)13)5-8(9)10(14)16-2/h3-5H,6H2,1-2H3,(H3,12,13). The maximum atomic E-state index is 11.5. The zero-order chi connectivity index (χ0) is 12.8. The summed E-state index contributed by atoms with van der Waals surface area (Å²) in [6.45, 7) is 0. The van der Waals surface area contributed by atoms with Crippen molar-refractivity contribution in [3.05, 3.63) is 29.3 Å². The molecule has 0 aromatic heterocycles. The van der Waals surface area contributed by atoms with Crippen LogP contribution in [-0.4, -0.2) is 39.9 Å². The van der Waals surface area contributed by atoms with E-state index in [0.717, 1.165) is 5.56 Å². The van der Waals surface area contributed by atoms with Gasteiger partial charge in [0.25, 0.3) is 0 Å². The number of carbonyl (C=O) groups is 1. The van der Waals surface area contributed by atoms with E-state index in [2.05, 4.69) is 4.74 Å². The number of rotatable bonds is 5. The minimum atomic E-state index is -0.431. The Labute approximate surface area is 106 Å². The topological polar surface area (TPSA) is 85.4 Å². The van der Waals surface area contributed by atoms with E-state index in [9.17, 15) is 4.79 Å². The number of ether oxygens (including phenoxy) is 2. The molecular formula is C11H14N2O3Se. The van der Waals surface area contributed by atoms with Crippen LogP contribution < -0.4 is 10.5 Å². The van der Waals surface area contributed by atoms with Gasteiger partial charge < -0.3 is 0 Å². The molecule has 0 saturated carbocycles. The summed E-state index contributed by atoms with van der Waals surface area (Å²) in [5, 5.41) is 7.86. The van der Waals surface area contributed by atoms with Gasteiger partial charge in [-0.25, -0.2) is 0 Å². The maximum absolute atomic E-state index is 11.5. The van der Waals surface area contributed by atoms with Gasteiger partial charge in [-0.05, 0) is 0 Å². The van der Waals surface area contributed by atoms with Gasteiger partial charge in [0.05, 0.1) is 0 Å². The van der Waals surface area contributed by atoms with Crippen molar-refractivity contribution in [3.8, 4) is 5.75 Å². The Morgan fingerprint density at radius 3 is 2.71 bits per heavy atom. The van der Waals surface area contributed by atoms with E-state index in [-0.39, 0.29) is 19.7 Å². The third kappa shape index (κ3) is 3.76. The summed E-state index contributed by atoms with van der Waals surface area (Å²) in [7, 11) is 2.83. The average Bonchev–Trinajstić information content (AvgIpc) is 2.34. The third-order valence-electron chi connectivity index (χ3n) is 2.06. The molecule has 17 heavy (non-hydrogen) atoms. The Morgan fingerprint density at radius 2 is 2.18 bits per heavy atom. The quantitative estimate of drug-likeness (QED) is 0.360. The number of nitrogens with one attached hydrogen (secondary N) is 1. The molecule has 0 heterocycles. The minimum absolute atomic E-state index is 0.0814. The molecule has 6 heteroatoms. The second kappa shape index (κ2) is 6.27. The van der Waals surface area contributed by atoms with Gasteiger partial charge in [0.2, 0.25) is 0 Å². The van der Waals surface area contributed by atoms with E-state index in [1.165, 1.54) is 14.2 Å². The van der Waals surface area contributed by atoms with Crippen molar-refractivity contribution in [2.45, 2.75) is 5.32 Å². The molecule has 0 aliphatic heterocycles. The van der Waals surface area contributed by atoms with Crippen LogP contribution in [0.15, 0.2) is 18.2 Å². The Hall–Kier alpha value is -1.52. The van der Waals surface area contributed by atoms with Crippen molar-refractivity contribution in [2.75, 3.05) is 14.2 Å². The van der Waals surface area contributed by atoms with Gasteiger partial charge >= 0.3 is 106 Å². The molecule has 1 aromatic rings. The first-order valence-corrected chi connectivity index (χ1v) is 6.87. The predicted octanol–water partition coefficient (Wildman–Crippen LogP) is 0.579. The van der Waals surface area contributed by atoms with Crippen molar-refractivity contribution in [1.29, 1.82) is 5.41 Å². The summed E-state index contributed by atoms with van der Waals surface area (Å²) in [5.74, 6) is 0.0509. The molecular weight excluding hydrogens is 287 g/mol. The summed E-state index contributed by atoms with van der Waals surface area (Å²) in [6, 6.07) is 5.29. The molecule has 0 amide bonds. The van der Waals surface area contributed by atoms with Crippen LogP contribution in [0, 0.1) is 5.41 Å². The van der Waals surface area contributed by atoms with Crippen molar-refractivity contribution in [2.24, 2.45) is 5.73 Å². The van der Waals surface area contributed by atoms with E-state index in [1.807, 2.05) is 6.07 Å². The molecule has 0 spiro atoms. The number of esters is 1. The van der Waals surface area contributed by atoms with Gasteiger partial charge in [-0.1, -0.05) is 0 Å². The van der Waals surface area contributed by atoms with Crippen LogP contribution in [0.3, 0.4) is 0 Å². The zero-order valence-corrected chi connectivity index (χ0v) is 11.4.